The molecule has 2 amide bonds. The molecule has 6 atom stereocenters. The van der Waals surface area contributed by atoms with E-state index in [1.165, 1.54) is 6.08 Å². The fraction of sp³-hybridized carbons (Fsp3) is 0.759. The van der Waals surface area contributed by atoms with Crippen molar-refractivity contribution in [2.24, 2.45) is 23.2 Å². The SMILES string of the molecule is C=CCOC(=O)[C@@H]1[C@@H]2CCC3(S2)C(C(=O)N(CC=C)C(C)(C)CC(C)(C)C)N([C@@H](CO)C(C)C)C(=O)[C@H]13. The van der Waals surface area contributed by atoms with Crippen molar-refractivity contribution in [1.29, 1.82) is 0 Å². The highest BCUT2D eigenvalue weighted by Crippen LogP contribution is 2.67. The summed E-state index contributed by atoms with van der Waals surface area (Å²) in [7, 11) is 0. The number of carbonyl (C=O) groups is 3. The Bertz CT molecular complexity index is 926. The predicted octanol–water partition coefficient (Wildman–Crippen LogP) is 4.05. The summed E-state index contributed by atoms with van der Waals surface area (Å²) >= 11 is 1.62. The van der Waals surface area contributed by atoms with Crippen LogP contribution in [0, 0.1) is 23.2 Å². The maximum Gasteiger partial charge on any atom is 0.311 e. The van der Waals surface area contributed by atoms with Crippen LogP contribution in [0.25, 0.3) is 0 Å². The molecule has 3 rings (SSSR count). The summed E-state index contributed by atoms with van der Waals surface area (Å²) in [5.74, 6) is -2.05. The summed E-state index contributed by atoms with van der Waals surface area (Å²) in [4.78, 5) is 45.6. The summed E-state index contributed by atoms with van der Waals surface area (Å²) in [6.45, 7) is 22.2. The Hall–Kier alpha value is -1.80. The van der Waals surface area contributed by atoms with Gasteiger partial charge in [-0.25, -0.2) is 0 Å². The number of fused-ring (bicyclic) bond motifs is 1. The minimum Gasteiger partial charge on any atom is -0.461 e. The van der Waals surface area contributed by atoms with Crippen molar-refractivity contribution in [2.45, 2.75) is 95.3 Å². The summed E-state index contributed by atoms with van der Waals surface area (Å²) in [6.07, 6.45) is 5.44. The molecule has 0 aromatic heterocycles. The number of aliphatic hydroxyl groups is 1. The molecule has 208 valence electrons. The first-order valence-electron chi connectivity index (χ1n) is 13.5. The number of likely N-dealkylation sites (tertiary alicyclic amines) is 1. The van der Waals surface area contributed by atoms with Gasteiger partial charge < -0.3 is 19.6 Å². The van der Waals surface area contributed by atoms with Gasteiger partial charge in [0.15, 0.2) is 0 Å². The molecular weight excluding hydrogens is 488 g/mol. The lowest BCUT2D eigenvalue weighted by Crippen LogP contribution is -2.62. The molecule has 0 saturated carbocycles. The van der Waals surface area contributed by atoms with E-state index in [1.807, 2.05) is 18.7 Å². The quantitative estimate of drug-likeness (QED) is 0.318. The van der Waals surface area contributed by atoms with Crippen LogP contribution in [0.1, 0.15) is 67.7 Å². The van der Waals surface area contributed by atoms with E-state index in [1.54, 1.807) is 22.7 Å². The number of aliphatic hydroxyl groups excluding tert-OH is 1. The minimum absolute atomic E-state index is 0.0264. The number of hydrogen-bond acceptors (Lipinski definition) is 6. The number of nitrogens with zero attached hydrogens (tertiary/aromatic N) is 2. The molecule has 3 aliphatic rings. The molecule has 3 saturated heterocycles. The number of thioether (sulfide) groups is 1. The van der Waals surface area contributed by atoms with E-state index in [2.05, 4.69) is 47.8 Å². The fourth-order valence-corrected chi connectivity index (χ4v) is 9.35. The lowest BCUT2D eigenvalue weighted by atomic mass is 9.71. The number of hydrogen-bond donors (Lipinski definition) is 1. The second kappa shape index (κ2) is 10.8. The molecule has 0 aliphatic carbocycles. The van der Waals surface area contributed by atoms with E-state index in [9.17, 15) is 19.5 Å². The van der Waals surface area contributed by atoms with E-state index < -0.39 is 40.2 Å². The molecule has 2 unspecified atom stereocenters. The average molecular weight is 535 g/mol. The lowest BCUT2D eigenvalue weighted by Gasteiger charge is -2.47. The molecule has 3 aliphatic heterocycles. The lowest BCUT2D eigenvalue weighted by molar-refractivity contribution is -0.154. The normalized spacial score (nSPS) is 29.9. The fourth-order valence-electron chi connectivity index (χ4n) is 7.16. The largest absolute Gasteiger partial charge is 0.461 e. The highest BCUT2D eigenvalue weighted by Gasteiger charge is 2.75. The zero-order valence-electron chi connectivity index (χ0n) is 23.7. The molecule has 3 heterocycles. The smallest absolute Gasteiger partial charge is 0.311 e. The van der Waals surface area contributed by atoms with Crippen LogP contribution in [0.2, 0.25) is 0 Å². The molecule has 8 heteroatoms. The van der Waals surface area contributed by atoms with Gasteiger partial charge in [0.1, 0.15) is 12.6 Å². The Kier molecular flexibility index (Phi) is 8.65. The molecule has 0 aromatic rings. The minimum atomic E-state index is -0.768. The number of carbonyl (C=O) groups excluding carboxylic acids is 3. The van der Waals surface area contributed by atoms with Crippen LogP contribution in [-0.2, 0) is 19.1 Å². The molecule has 37 heavy (non-hydrogen) atoms. The zero-order valence-corrected chi connectivity index (χ0v) is 24.5. The molecule has 2 bridgehead atoms. The number of esters is 1. The first-order chi connectivity index (χ1) is 17.2. The van der Waals surface area contributed by atoms with Gasteiger partial charge >= 0.3 is 5.97 Å². The summed E-state index contributed by atoms with van der Waals surface area (Å²) in [5, 5.41) is 10.3. The Balaban J connectivity index is 2.13. The Labute approximate surface area is 227 Å². The number of amides is 2. The second-order valence-corrected chi connectivity index (χ2v) is 14.6. The predicted molar refractivity (Wildman–Crippen MR) is 148 cm³/mol. The van der Waals surface area contributed by atoms with Crippen molar-refractivity contribution in [2.75, 3.05) is 19.8 Å². The Morgan fingerprint density at radius 2 is 1.89 bits per heavy atom. The zero-order chi connectivity index (χ0) is 27.9. The van der Waals surface area contributed by atoms with Crippen molar-refractivity contribution in [3.8, 4) is 0 Å². The Morgan fingerprint density at radius 1 is 1.24 bits per heavy atom. The van der Waals surface area contributed by atoms with Crippen molar-refractivity contribution >= 4 is 29.5 Å². The van der Waals surface area contributed by atoms with Gasteiger partial charge in [0.05, 0.1) is 29.2 Å². The molecule has 3 fully saturated rings. The van der Waals surface area contributed by atoms with Crippen LogP contribution in [0.5, 0.6) is 0 Å². The van der Waals surface area contributed by atoms with Crippen LogP contribution in [0.3, 0.4) is 0 Å². The molecule has 7 nitrogen and oxygen atoms in total. The highest BCUT2D eigenvalue weighted by molar-refractivity contribution is 8.02. The molecular formula is C29H46N2O5S. The van der Waals surface area contributed by atoms with Crippen molar-refractivity contribution in [3.05, 3.63) is 25.3 Å². The van der Waals surface area contributed by atoms with Gasteiger partial charge in [0, 0.05) is 17.3 Å². The third-order valence-corrected chi connectivity index (χ3v) is 10.1. The summed E-state index contributed by atoms with van der Waals surface area (Å²) < 4.78 is 4.72. The van der Waals surface area contributed by atoms with Crippen molar-refractivity contribution in [3.63, 3.8) is 0 Å². The number of rotatable bonds is 11. The highest BCUT2D eigenvalue weighted by atomic mass is 32.2. The van der Waals surface area contributed by atoms with Crippen LogP contribution >= 0.6 is 11.8 Å². The van der Waals surface area contributed by atoms with Crippen molar-refractivity contribution < 1.29 is 24.2 Å². The van der Waals surface area contributed by atoms with Crippen LogP contribution in [-0.4, -0.2) is 80.1 Å². The van der Waals surface area contributed by atoms with E-state index in [-0.39, 0.29) is 41.6 Å². The van der Waals surface area contributed by atoms with E-state index in [0.717, 1.165) is 12.8 Å². The van der Waals surface area contributed by atoms with Gasteiger partial charge in [-0.3, -0.25) is 14.4 Å². The summed E-state index contributed by atoms with van der Waals surface area (Å²) in [5.41, 5.74) is -0.523. The van der Waals surface area contributed by atoms with Gasteiger partial charge in [0.25, 0.3) is 0 Å². The molecule has 1 N–H and O–H groups in total. The maximum absolute atomic E-state index is 14.7. The van der Waals surface area contributed by atoms with Crippen LogP contribution in [0.15, 0.2) is 25.3 Å². The average Bonchev–Trinajstić information content (AvgIpc) is 3.42. The third kappa shape index (κ3) is 5.25. The Morgan fingerprint density at radius 3 is 2.41 bits per heavy atom. The van der Waals surface area contributed by atoms with Crippen LogP contribution in [0.4, 0.5) is 0 Å². The summed E-state index contributed by atoms with van der Waals surface area (Å²) in [6, 6.07) is -1.29. The monoisotopic (exact) mass is 534 g/mol. The topological polar surface area (TPSA) is 87.2 Å². The van der Waals surface area contributed by atoms with Gasteiger partial charge in [-0.15, -0.1) is 18.3 Å². The van der Waals surface area contributed by atoms with Gasteiger partial charge in [-0.2, -0.15) is 0 Å². The van der Waals surface area contributed by atoms with Crippen molar-refractivity contribution in [1.82, 2.24) is 9.80 Å². The molecule has 0 radical (unpaired) electrons. The molecule has 0 aromatic carbocycles. The maximum atomic E-state index is 14.7. The van der Waals surface area contributed by atoms with Gasteiger partial charge in [-0.1, -0.05) is 53.3 Å². The first kappa shape index (κ1) is 29.8. The number of ether oxygens (including phenoxy) is 1. The molecule has 1 spiro atoms. The standard InChI is InChI=1S/C29H46N2O5S/c1-10-14-30(28(8,9)17-27(5,6)7)25(34)23-29-13-12-20(37-29)21(26(35)36-15-11-2)22(29)24(33)31(23)19(16-32)18(3)4/h10-11,18-23,32H,1-2,12-17H2,3-9H3/t19-,20-,21+,22-,23?,29?/m0/s1. The second-order valence-electron chi connectivity index (χ2n) is 13.0. The van der Waals surface area contributed by atoms with E-state index in [0.29, 0.717) is 13.0 Å². The van der Waals surface area contributed by atoms with E-state index in [4.69, 9.17) is 4.74 Å². The first-order valence-corrected chi connectivity index (χ1v) is 14.4. The van der Waals surface area contributed by atoms with Gasteiger partial charge in [0.2, 0.25) is 11.8 Å². The third-order valence-electron chi connectivity index (χ3n) is 8.17. The van der Waals surface area contributed by atoms with E-state index >= 15 is 0 Å². The van der Waals surface area contributed by atoms with Gasteiger partial charge in [-0.05, 0) is 44.4 Å². The van der Waals surface area contributed by atoms with Crippen LogP contribution < -0.4 is 0 Å².